The lowest BCUT2D eigenvalue weighted by molar-refractivity contribution is -0.139. The van der Waals surface area contributed by atoms with Gasteiger partial charge in [-0.3, -0.25) is 14.5 Å². The van der Waals surface area contributed by atoms with Crippen LogP contribution in [-0.2, 0) is 20.9 Å². The molecule has 136 valence electrons. The number of likely N-dealkylation sites (tertiary alicyclic amines) is 1. The van der Waals surface area contributed by atoms with Crippen molar-refractivity contribution < 1.29 is 14.3 Å². The summed E-state index contributed by atoms with van der Waals surface area (Å²) in [5, 5.41) is 0. The minimum atomic E-state index is -0.251. The van der Waals surface area contributed by atoms with Gasteiger partial charge in [0.05, 0.1) is 19.1 Å². The minimum absolute atomic E-state index is 0.0566. The van der Waals surface area contributed by atoms with Crippen molar-refractivity contribution in [3.05, 3.63) is 35.9 Å². The zero-order valence-electron chi connectivity index (χ0n) is 14.6. The van der Waals surface area contributed by atoms with Gasteiger partial charge < -0.3 is 15.4 Å². The molecule has 0 spiro atoms. The molecule has 0 bridgehead atoms. The number of carbonyl (C=O) groups is 2. The number of carbonyl (C=O) groups excluding carboxylic acids is 2. The first-order valence-electron chi connectivity index (χ1n) is 9.07. The second-order valence-electron chi connectivity index (χ2n) is 6.98. The molecule has 1 atom stereocenters. The maximum absolute atomic E-state index is 12.5. The second kappa shape index (κ2) is 8.45. The molecule has 6 heteroatoms. The average molecular weight is 345 g/mol. The van der Waals surface area contributed by atoms with E-state index >= 15 is 0 Å². The van der Waals surface area contributed by atoms with Crippen molar-refractivity contribution in [3.63, 3.8) is 0 Å². The number of piperidine rings is 1. The molecule has 0 aliphatic carbocycles. The SMILES string of the molecule is NC(=O)C1CCN(C(=O)CC2CN(Cc3ccccc3)CCO2)CC1. The molecule has 2 aliphatic heterocycles. The number of ether oxygens (including phenoxy) is 1. The Balaban J connectivity index is 1.46. The van der Waals surface area contributed by atoms with Crippen LogP contribution in [0.4, 0.5) is 0 Å². The van der Waals surface area contributed by atoms with Crippen molar-refractivity contribution in [1.29, 1.82) is 0 Å². The fourth-order valence-corrected chi connectivity index (χ4v) is 3.63. The molecule has 3 rings (SSSR count). The van der Waals surface area contributed by atoms with E-state index in [2.05, 4.69) is 17.0 Å². The van der Waals surface area contributed by atoms with Gasteiger partial charge >= 0.3 is 0 Å². The first-order chi connectivity index (χ1) is 12.1. The first kappa shape index (κ1) is 17.9. The van der Waals surface area contributed by atoms with E-state index in [0.717, 1.165) is 19.6 Å². The molecule has 2 amide bonds. The van der Waals surface area contributed by atoms with E-state index in [1.807, 2.05) is 23.1 Å². The van der Waals surface area contributed by atoms with Crippen LogP contribution in [0, 0.1) is 5.92 Å². The second-order valence-corrected chi connectivity index (χ2v) is 6.98. The van der Waals surface area contributed by atoms with Crippen molar-refractivity contribution in [2.45, 2.75) is 31.9 Å². The zero-order valence-corrected chi connectivity index (χ0v) is 14.6. The highest BCUT2D eigenvalue weighted by atomic mass is 16.5. The number of morpholine rings is 1. The molecule has 1 aromatic rings. The largest absolute Gasteiger partial charge is 0.375 e. The Morgan fingerprint density at radius 2 is 1.84 bits per heavy atom. The fraction of sp³-hybridized carbons (Fsp3) is 0.579. The topological polar surface area (TPSA) is 75.9 Å². The summed E-state index contributed by atoms with van der Waals surface area (Å²) in [6, 6.07) is 10.4. The number of hydrogen-bond donors (Lipinski definition) is 1. The molecule has 2 fully saturated rings. The molecule has 2 N–H and O–H groups in total. The maximum Gasteiger partial charge on any atom is 0.225 e. The van der Waals surface area contributed by atoms with Crippen LogP contribution in [0.15, 0.2) is 30.3 Å². The van der Waals surface area contributed by atoms with Crippen LogP contribution in [0.2, 0.25) is 0 Å². The third kappa shape index (κ3) is 5.03. The normalized spacial score (nSPS) is 22.7. The van der Waals surface area contributed by atoms with Crippen molar-refractivity contribution in [2.75, 3.05) is 32.8 Å². The fourth-order valence-electron chi connectivity index (χ4n) is 3.63. The summed E-state index contributed by atoms with van der Waals surface area (Å²) in [5.74, 6) is -0.218. The molecule has 0 aromatic heterocycles. The third-order valence-electron chi connectivity index (χ3n) is 5.12. The number of primary amides is 1. The molecule has 0 saturated carbocycles. The summed E-state index contributed by atoms with van der Waals surface area (Å²) in [6.07, 6.45) is 1.70. The maximum atomic E-state index is 12.5. The van der Waals surface area contributed by atoms with E-state index in [0.29, 0.717) is 39.0 Å². The highest BCUT2D eigenvalue weighted by Crippen LogP contribution is 2.19. The Bertz CT molecular complexity index is 585. The lowest BCUT2D eigenvalue weighted by Crippen LogP contribution is -2.46. The number of amides is 2. The molecule has 1 unspecified atom stereocenters. The third-order valence-corrected chi connectivity index (χ3v) is 5.12. The smallest absolute Gasteiger partial charge is 0.225 e. The number of rotatable bonds is 5. The van der Waals surface area contributed by atoms with Crippen LogP contribution in [0.25, 0.3) is 0 Å². The van der Waals surface area contributed by atoms with Gasteiger partial charge in [0.15, 0.2) is 0 Å². The molecule has 2 saturated heterocycles. The molecule has 2 heterocycles. The Hall–Kier alpha value is -1.92. The lowest BCUT2D eigenvalue weighted by Gasteiger charge is -2.35. The van der Waals surface area contributed by atoms with Crippen LogP contribution in [0.1, 0.15) is 24.8 Å². The van der Waals surface area contributed by atoms with Gasteiger partial charge in [0.2, 0.25) is 11.8 Å². The highest BCUT2D eigenvalue weighted by Gasteiger charge is 2.29. The number of benzene rings is 1. The standard InChI is InChI=1S/C19H27N3O3/c20-19(24)16-6-8-22(9-7-16)18(23)12-17-14-21(10-11-25-17)13-15-4-2-1-3-5-15/h1-5,16-17H,6-14H2,(H2,20,24). The van der Waals surface area contributed by atoms with Crippen molar-refractivity contribution >= 4 is 11.8 Å². The number of nitrogens with two attached hydrogens (primary N) is 1. The first-order valence-corrected chi connectivity index (χ1v) is 9.07. The van der Waals surface area contributed by atoms with Crippen LogP contribution in [0.5, 0.6) is 0 Å². The average Bonchev–Trinajstić information content (AvgIpc) is 2.63. The van der Waals surface area contributed by atoms with Gasteiger partial charge in [0.1, 0.15) is 0 Å². The monoisotopic (exact) mass is 345 g/mol. The van der Waals surface area contributed by atoms with Crippen molar-refractivity contribution in [1.82, 2.24) is 9.80 Å². The summed E-state index contributed by atoms with van der Waals surface area (Å²) < 4.78 is 5.80. The van der Waals surface area contributed by atoms with Crippen LogP contribution in [0.3, 0.4) is 0 Å². The van der Waals surface area contributed by atoms with Crippen molar-refractivity contribution in [3.8, 4) is 0 Å². The van der Waals surface area contributed by atoms with E-state index in [9.17, 15) is 9.59 Å². The number of hydrogen-bond acceptors (Lipinski definition) is 4. The summed E-state index contributed by atoms with van der Waals surface area (Å²) in [7, 11) is 0. The van der Waals surface area contributed by atoms with E-state index in [1.54, 1.807) is 0 Å². The Labute approximate surface area is 148 Å². The van der Waals surface area contributed by atoms with E-state index in [1.165, 1.54) is 5.56 Å². The predicted octanol–water partition coefficient (Wildman–Crippen LogP) is 1.00. The molecule has 1 aromatic carbocycles. The predicted molar refractivity (Wildman–Crippen MR) is 94.6 cm³/mol. The van der Waals surface area contributed by atoms with Gasteiger partial charge in [-0.15, -0.1) is 0 Å². The Morgan fingerprint density at radius 1 is 1.12 bits per heavy atom. The van der Waals surface area contributed by atoms with Crippen molar-refractivity contribution in [2.24, 2.45) is 11.7 Å². The molecule has 2 aliphatic rings. The quantitative estimate of drug-likeness (QED) is 0.864. The van der Waals surface area contributed by atoms with Crippen LogP contribution in [-0.4, -0.2) is 60.5 Å². The summed E-state index contributed by atoms with van der Waals surface area (Å²) in [6.45, 7) is 4.45. The molecule has 25 heavy (non-hydrogen) atoms. The summed E-state index contributed by atoms with van der Waals surface area (Å²) in [5.41, 5.74) is 6.63. The van der Waals surface area contributed by atoms with Gasteiger partial charge in [-0.2, -0.15) is 0 Å². The number of nitrogens with zero attached hydrogens (tertiary/aromatic N) is 2. The molecule has 6 nitrogen and oxygen atoms in total. The lowest BCUT2D eigenvalue weighted by atomic mass is 9.96. The van der Waals surface area contributed by atoms with Gasteiger partial charge in [0, 0.05) is 38.6 Å². The van der Waals surface area contributed by atoms with E-state index in [-0.39, 0.29) is 23.8 Å². The van der Waals surface area contributed by atoms with Crippen LogP contribution >= 0.6 is 0 Å². The van der Waals surface area contributed by atoms with E-state index in [4.69, 9.17) is 10.5 Å². The molecular weight excluding hydrogens is 318 g/mol. The highest BCUT2D eigenvalue weighted by molar-refractivity contribution is 5.79. The molecule has 0 radical (unpaired) electrons. The van der Waals surface area contributed by atoms with Crippen LogP contribution < -0.4 is 5.73 Å². The Morgan fingerprint density at radius 3 is 2.52 bits per heavy atom. The minimum Gasteiger partial charge on any atom is -0.375 e. The van der Waals surface area contributed by atoms with Gasteiger partial charge in [-0.25, -0.2) is 0 Å². The zero-order chi connectivity index (χ0) is 17.6. The summed E-state index contributed by atoms with van der Waals surface area (Å²) >= 11 is 0. The summed E-state index contributed by atoms with van der Waals surface area (Å²) in [4.78, 5) is 27.9. The van der Waals surface area contributed by atoms with Gasteiger partial charge in [-0.1, -0.05) is 30.3 Å². The molecular formula is C19H27N3O3. The Kier molecular flexibility index (Phi) is 6.04. The van der Waals surface area contributed by atoms with E-state index < -0.39 is 0 Å². The van der Waals surface area contributed by atoms with Gasteiger partial charge in [-0.05, 0) is 18.4 Å². The van der Waals surface area contributed by atoms with Gasteiger partial charge in [0.25, 0.3) is 0 Å².